The number of amides is 2. The second-order valence-electron chi connectivity index (χ2n) is 4.74. The Labute approximate surface area is 132 Å². The molecule has 5 nitrogen and oxygen atoms in total. The Hall–Kier alpha value is -2.66. The number of hydrogen-bond donors (Lipinski definition) is 1. The van der Waals surface area contributed by atoms with Crippen molar-refractivity contribution in [3.05, 3.63) is 59.7 Å². The Balaban J connectivity index is 1.93. The van der Waals surface area contributed by atoms with Crippen LogP contribution in [0.15, 0.2) is 53.5 Å². The van der Waals surface area contributed by atoms with Crippen molar-refractivity contribution in [1.82, 2.24) is 0 Å². The molecule has 6 heteroatoms. The zero-order valence-electron chi connectivity index (χ0n) is 11.5. The summed E-state index contributed by atoms with van der Waals surface area (Å²) >= 11 is 5.57. The van der Waals surface area contributed by atoms with Gasteiger partial charge in [0.1, 0.15) is 5.84 Å². The number of aliphatic imine (C=N–C) groups is 1. The summed E-state index contributed by atoms with van der Waals surface area (Å²) in [5.74, 6) is -0.204. The summed E-state index contributed by atoms with van der Waals surface area (Å²) in [5.41, 5.74) is 7.51. The average molecular weight is 314 g/mol. The maximum absolute atomic E-state index is 12.4. The van der Waals surface area contributed by atoms with E-state index in [0.29, 0.717) is 28.3 Å². The van der Waals surface area contributed by atoms with Gasteiger partial charge < -0.3 is 5.73 Å². The molecule has 2 aromatic rings. The van der Waals surface area contributed by atoms with Crippen molar-refractivity contribution in [1.29, 1.82) is 0 Å². The SMILES string of the molecule is NC(CCl)=Nc1ccc(N2C(=O)c3ccccc3C2=O)cc1. The van der Waals surface area contributed by atoms with Gasteiger partial charge in [0, 0.05) is 0 Å². The molecule has 0 spiro atoms. The molecule has 0 bridgehead atoms. The first-order valence-electron chi connectivity index (χ1n) is 6.58. The highest BCUT2D eigenvalue weighted by molar-refractivity contribution is 6.34. The lowest BCUT2D eigenvalue weighted by Crippen LogP contribution is -2.29. The first kappa shape index (κ1) is 14.3. The number of carbonyl (C=O) groups excluding carboxylic acids is 2. The van der Waals surface area contributed by atoms with E-state index in [1.165, 1.54) is 0 Å². The zero-order chi connectivity index (χ0) is 15.7. The quantitative estimate of drug-likeness (QED) is 0.410. The van der Waals surface area contributed by atoms with E-state index in [1.54, 1.807) is 48.5 Å². The van der Waals surface area contributed by atoms with Crippen LogP contribution in [0.4, 0.5) is 11.4 Å². The van der Waals surface area contributed by atoms with Crippen LogP contribution < -0.4 is 10.6 Å². The number of fused-ring (bicyclic) bond motifs is 1. The largest absolute Gasteiger partial charge is 0.386 e. The number of carbonyl (C=O) groups is 2. The van der Waals surface area contributed by atoms with E-state index >= 15 is 0 Å². The molecule has 1 heterocycles. The first-order chi connectivity index (χ1) is 10.6. The summed E-state index contributed by atoms with van der Waals surface area (Å²) in [7, 11) is 0. The lowest BCUT2D eigenvalue weighted by atomic mass is 10.1. The molecule has 110 valence electrons. The van der Waals surface area contributed by atoms with Crippen molar-refractivity contribution < 1.29 is 9.59 Å². The normalized spacial score (nSPS) is 14.4. The van der Waals surface area contributed by atoms with Crippen LogP contribution in [0.25, 0.3) is 0 Å². The number of alkyl halides is 1. The molecule has 2 aromatic carbocycles. The highest BCUT2D eigenvalue weighted by atomic mass is 35.5. The van der Waals surface area contributed by atoms with Crippen LogP contribution in [0.1, 0.15) is 20.7 Å². The number of nitrogens with two attached hydrogens (primary N) is 1. The van der Waals surface area contributed by atoms with Crippen molar-refractivity contribution in [3.8, 4) is 0 Å². The van der Waals surface area contributed by atoms with Gasteiger partial charge in [-0.2, -0.15) is 0 Å². The second-order valence-corrected chi connectivity index (χ2v) is 5.01. The third-order valence-corrected chi connectivity index (χ3v) is 3.59. The summed E-state index contributed by atoms with van der Waals surface area (Å²) in [4.78, 5) is 30.0. The van der Waals surface area contributed by atoms with Crippen LogP contribution in [-0.2, 0) is 0 Å². The van der Waals surface area contributed by atoms with E-state index in [-0.39, 0.29) is 17.7 Å². The molecule has 2 N–H and O–H groups in total. The average Bonchev–Trinajstić information content (AvgIpc) is 2.80. The topological polar surface area (TPSA) is 75.8 Å². The van der Waals surface area contributed by atoms with E-state index in [9.17, 15) is 9.59 Å². The highest BCUT2D eigenvalue weighted by Crippen LogP contribution is 2.29. The number of nitrogens with zero attached hydrogens (tertiary/aromatic N) is 2. The molecule has 3 rings (SSSR count). The molecular formula is C16H12ClN3O2. The number of amidine groups is 1. The molecule has 0 radical (unpaired) electrons. The number of benzene rings is 2. The van der Waals surface area contributed by atoms with E-state index < -0.39 is 0 Å². The Morgan fingerprint density at radius 2 is 1.55 bits per heavy atom. The Kier molecular flexibility index (Phi) is 3.65. The number of hydrogen-bond acceptors (Lipinski definition) is 3. The maximum atomic E-state index is 12.4. The Morgan fingerprint density at radius 3 is 2.05 bits per heavy atom. The molecule has 22 heavy (non-hydrogen) atoms. The number of halogens is 1. The summed E-state index contributed by atoms with van der Waals surface area (Å²) in [6.07, 6.45) is 0. The fraction of sp³-hybridized carbons (Fsp3) is 0.0625. The van der Waals surface area contributed by atoms with Gasteiger partial charge in [-0.1, -0.05) is 12.1 Å². The van der Waals surface area contributed by atoms with Crippen molar-refractivity contribution in [3.63, 3.8) is 0 Å². The Bertz CT molecular complexity index is 749. The highest BCUT2D eigenvalue weighted by Gasteiger charge is 2.36. The molecular weight excluding hydrogens is 302 g/mol. The minimum Gasteiger partial charge on any atom is -0.386 e. The molecule has 1 aliphatic heterocycles. The van der Waals surface area contributed by atoms with Crippen LogP contribution >= 0.6 is 11.6 Å². The summed E-state index contributed by atoms with van der Waals surface area (Å²) in [6, 6.07) is 13.4. The van der Waals surface area contributed by atoms with Crippen molar-refractivity contribution in [2.75, 3.05) is 10.8 Å². The standard InChI is InChI=1S/C16H12ClN3O2/c17-9-14(18)19-10-5-7-11(8-6-10)20-15(21)12-3-1-2-4-13(12)16(20)22/h1-8H,9H2,(H2,18,19). The van der Waals surface area contributed by atoms with Crippen molar-refractivity contribution in [2.45, 2.75) is 0 Å². The van der Waals surface area contributed by atoms with Gasteiger partial charge in [0.15, 0.2) is 0 Å². The smallest absolute Gasteiger partial charge is 0.266 e. The fourth-order valence-electron chi connectivity index (χ4n) is 2.30. The molecule has 0 fully saturated rings. The van der Waals surface area contributed by atoms with Crippen LogP contribution in [0, 0.1) is 0 Å². The molecule has 0 saturated carbocycles. The van der Waals surface area contributed by atoms with Gasteiger partial charge in [-0.15, -0.1) is 11.6 Å². The van der Waals surface area contributed by atoms with E-state index in [0.717, 1.165) is 4.90 Å². The van der Waals surface area contributed by atoms with Crippen molar-refractivity contribution >= 4 is 40.6 Å². The number of rotatable bonds is 3. The summed E-state index contributed by atoms with van der Waals surface area (Å²) in [6.45, 7) is 0. The second kappa shape index (κ2) is 5.61. The molecule has 0 saturated heterocycles. The number of imide groups is 1. The van der Waals surface area contributed by atoms with Gasteiger partial charge in [-0.05, 0) is 36.4 Å². The minimum atomic E-state index is -0.322. The summed E-state index contributed by atoms with van der Waals surface area (Å²) in [5, 5.41) is 0. The number of anilines is 1. The predicted molar refractivity (Wildman–Crippen MR) is 86.0 cm³/mol. The molecule has 0 atom stereocenters. The lowest BCUT2D eigenvalue weighted by Gasteiger charge is -2.13. The van der Waals surface area contributed by atoms with E-state index in [2.05, 4.69) is 4.99 Å². The van der Waals surface area contributed by atoms with Gasteiger partial charge in [0.2, 0.25) is 0 Å². The van der Waals surface area contributed by atoms with Crippen molar-refractivity contribution in [2.24, 2.45) is 10.7 Å². The van der Waals surface area contributed by atoms with E-state index in [1.807, 2.05) is 0 Å². The lowest BCUT2D eigenvalue weighted by molar-refractivity contribution is 0.0926. The maximum Gasteiger partial charge on any atom is 0.266 e. The predicted octanol–water partition coefficient (Wildman–Crippen LogP) is 2.71. The molecule has 2 amide bonds. The van der Waals surface area contributed by atoms with Crippen LogP contribution in [0.5, 0.6) is 0 Å². The van der Waals surface area contributed by atoms with Gasteiger partial charge >= 0.3 is 0 Å². The molecule has 1 aliphatic rings. The molecule has 0 aliphatic carbocycles. The first-order valence-corrected chi connectivity index (χ1v) is 7.12. The van der Waals surface area contributed by atoms with Crippen LogP contribution in [0.3, 0.4) is 0 Å². The fourth-order valence-corrected chi connectivity index (χ4v) is 2.36. The van der Waals surface area contributed by atoms with Gasteiger partial charge in [-0.3, -0.25) is 9.59 Å². The Morgan fingerprint density at radius 1 is 1.00 bits per heavy atom. The van der Waals surface area contributed by atoms with Gasteiger partial charge in [0.05, 0.1) is 28.4 Å². The zero-order valence-corrected chi connectivity index (χ0v) is 12.2. The minimum absolute atomic E-state index is 0.139. The molecule has 0 unspecified atom stereocenters. The van der Waals surface area contributed by atoms with Crippen LogP contribution in [-0.4, -0.2) is 23.5 Å². The van der Waals surface area contributed by atoms with Gasteiger partial charge in [0.25, 0.3) is 11.8 Å². The third kappa shape index (κ3) is 2.35. The van der Waals surface area contributed by atoms with Crippen LogP contribution in [0.2, 0.25) is 0 Å². The molecule has 0 aromatic heterocycles. The monoisotopic (exact) mass is 313 g/mol. The van der Waals surface area contributed by atoms with E-state index in [4.69, 9.17) is 17.3 Å². The third-order valence-electron chi connectivity index (χ3n) is 3.31. The van der Waals surface area contributed by atoms with Gasteiger partial charge in [-0.25, -0.2) is 9.89 Å². The summed E-state index contributed by atoms with van der Waals surface area (Å²) < 4.78 is 0.